The highest BCUT2D eigenvalue weighted by Gasteiger charge is 2.69. The highest BCUT2D eigenvalue weighted by atomic mass is 79.9. The SMILES string of the molecule is Cc1cccc(C)c1COC(=O)C1(C(=O)OCc2c(C)cccc2C)C[C@@H](c2ccccc2)C[C@]1(N=[N+]=[N-])c1ccc(Br)cc1. The van der Waals surface area contributed by atoms with Crippen LogP contribution in [0.2, 0.25) is 0 Å². The Labute approximate surface area is 272 Å². The summed E-state index contributed by atoms with van der Waals surface area (Å²) in [5, 5.41) is 4.37. The van der Waals surface area contributed by atoms with Crippen molar-refractivity contribution in [1.82, 2.24) is 0 Å². The molecule has 0 heterocycles. The van der Waals surface area contributed by atoms with Crippen LogP contribution in [0.4, 0.5) is 0 Å². The molecule has 0 unspecified atom stereocenters. The second-order valence-corrected chi connectivity index (χ2v) is 12.8. The number of ether oxygens (including phenoxy) is 2. The van der Waals surface area contributed by atoms with E-state index in [9.17, 15) is 15.1 Å². The number of carbonyl (C=O) groups excluding carboxylic acids is 2. The van der Waals surface area contributed by atoms with Crippen molar-refractivity contribution in [3.63, 3.8) is 0 Å². The number of rotatable bonds is 9. The van der Waals surface area contributed by atoms with Gasteiger partial charge in [0.05, 0.1) is 0 Å². The number of esters is 2. The molecule has 4 aromatic carbocycles. The van der Waals surface area contributed by atoms with E-state index in [1.165, 1.54) is 0 Å². The Kier molecular flexibility index (Phi) is 9.47. The predicted octanol–water partition coefficient (Wildman–Crippen LogP) is 9.24. The Morgan fingerprint density at radius 2 is 1.24 bits per heavy atom. The number of aryl methyl sites for hydroxylation is 4. The van der Waals surface area contributed by atoms with Crippen molar-refractivity contribution in [2.24, 2.45) is 10.5 Å². The number of carbonyl (C=O) groups is 2. The average molecular weight is 667 g/mol. The summed E-state index contributed by atoms with van der Waals surface area (Å²) >= 11 is 3.49. The molecule has 0 spiro atoms. The lowest BCUT2D eigenvalue weighted by atomic mass is 9.68. The highest BCUT2D eigenvalue weighted by molar-refractivity contribution is 9.10. The van der Waals surface area contributed by atoms with Gasteiger partial charge < -0.3 is 9.47 Å². The third-order valence-corrected chi connectivity index (χ3v) is 9.82. The minimum Gasteiger partial charge on any atom is -0.460 e. The topological polar surface area (TPSA) is 101 Å². The molecule has 1 aliphatic rings. The second-order valence-electron chi connectivity index (χ2n) is 11.9. The van der Waals surface area contributed by atoms with E-state index >= 15 is 0 Å². The lowest BCUT2D eigenvalue weighted by Gasteiger charge is -2.39. The van der Waals surface area contributed by atoms with Crippen LogP contribution in [0.1, 0.15) is 63.3 Å². The summed E-state index contributed by atoms with van der Waals surface area (Å²) in [5.41, 5.74) is 13.5. The molecular formula is C37H36BrN3O4. The molecule has 1 aliphatic carbocycles. The number of nitrogens with zero attached hydrogens (tertiary/aromatic N) is 3. The van der Waals surface area contributed by atoms with Crippen LogP contribution in [-0.2, 0) is 37.8 Å². The summed E-state index contributed by atoms with van der Waals surface area (Å²) in [6.45, 7) is 7.75. The molecule has 0 saturated heterocycles. The number of benzene rings is 4. The fourth-order valence-corrected chi connectivity index (χ4v) is 6.98. The van der Waals surface area contributed by atoms with E-state index in [1.807, 2.05) is 107 Å². The van der Waals surface area contributed by atoms with Crippen molar-refractivity contribution in [3.8, 4) is 0 Å². The normalized spacial score (nSPS) is 18.6. The van der Waals surface area contributed by atoms with Crippen LogP contribution < -0.4 is 0 Å². The Morgan fingerprint density at radius 3 is 1.71 bits per heavy atom. The molecule has 2 atom stereocenters. The lowest BCUT2D eigenvalue weighted by molar-refractivity contribution is -0.179. The molecule has 7 nitrogen and oxygen atoms in total. The molecule has 45 heavy (non-hydrogen) atoms. The van der Waals surface area contributed by atoms with Gasteiger partial charge in [0.1, 0.15) is 18.8 Å². The van der Waals surface area contributed by atoms with Gasteiger partial charge >= 0.3 is 11.9 Å². The Bertz CT molecular complexity index is 1660. The van der Waals surface area contributed by atoms with E-state index in [-0.39, 0.29) is 32.0 Å². The van der Waals surface area contributed by atoms with Gasteiger partial charge in [-0.05, 0) is 109 Å². The van der Waals surface area contributed by atoms with Crippen LogP contribution in [-0.4, -0.2) is 11.9 Å². The van der Waals surface area contributed by atoms with Crippen LogP contribution in [0, 0.1) is 33.1 Å². The summed E-state index contributed by atoms with van der Waals surface area (Å²) < 4.78 is 13.0. The number of hydrogen-bond acceptors (Lipinski definition) is 5. The minimum absolute atomic E-state index is 0.0358. The van der Waals surface area contributed by atoms with Crippen LogP contribution in [0.5, 0.6) is 0 Å². The molecule has 1 saturated carbocycles. The quantitative estimate of drug-likeness (QED) is 0.0584. The first-order valence-corrected chi connectivity index (χ1v) is 15.7. The average Bonchev–Trinajstić information content (AvgIpc) is 3.38. The maximum Gasteiger partial charge on any atom is 0.324 e. The van der Waals surface area contributed by atoms with E-state index in [4.69, 9.17) is 9.47 Å². The third-order valence-electron chi connectivity index (χ3n) is 9.29. The van der Waals surface area contributed by atoms with Crippen LogP contribution >= 0.6 is 15.9 Å². The Balaban J connectivity index is 1.68. The summed E-state index contributed by atoms with van der Waals surface area (Å²) in [6.07, 6.45) is 0.253. The monoisotopic (exact) mass is 665 g/mol. The Hall–Kier alpha value is -4.39. The number of hydrogen-bond donors (Lipinski definition) is 0. The predicted molar refractivity (Wildman–Crippen MR) is 177 cm³/mol. The van der Waals surface area contributed by atoms with E-state index in [1.54, 1.807) is 12.1 Å². The zero-order valence-electron chi connectivity index (χ0n) is 25.9. The van der Waals surface area contributed by atoms with E-state index in [0.29, 0.717) is 5.56 Å². The maximum absolute atomic E-state index is 14.7. The fraction of sp³-hybridized carbons (Fsp3) is 0.297. The van der Waals surface area contributed by atoms with Crippen LogP contribution in [0.3, 0.4) is 0 Å². The second kappa shape index (κ2) is 13.3. The molecule has 0 aromatic heterocycles. The zero-order valence-corrected chi connectivity index (χ0v) is 27.5. The molecule has 0 N–H and O–H groups in total. The summed E-state index contributed by atoms with van der Waals surface area (Å²) in [7, 11) is 0. The molecule has 0 amide bonds. The van der Waals surface area contributed by atoms with E-state index in [2.05, 4.69) is 26.0 Å². The van der Waals surface area contributed by atoms with Gasteiger partial charge in [-0.1, -0.05) is 99.9 Å². The fourth-order valence-electron chi connectivity index (χ4n) is 6.72. The molecule has 5 rings (SSSR count). The largest absolute Gasteiger partial charge is 0.460 e. The van der Waals surface area contributed by atoms with Gasteiger partial charge in [0.2, 0.25) is 0 Å². The lowest BCUT2D eigenvalue weighted by Crippen LogP contribution is -2.53. The van der Waals surface area contributed by atoms with Gasteiger partial charge in [-0.15, -0.1) is 0 Å². The number of azide groups is 1. The van der Waals surface area contributed by atoms with Gasteiger partial charge in [-0.3, -0.25) is 9.59 Å². The first kappa shape index (κ1) is 32.0. The van der Waals surface area contributed by atoms with Crippen molar-refractivity contribution in [1.29, 1.82) is 0 Å². The minimum atomic E-state index is -1.97. The Morgan fingerprint density at radius 1 is 0.756 bits per heavy atom. The van der Waals surface area contributed by atoms with Crippen molar-refractivity contribution in [3.05, 3.63) is 150 Å². The molecule has 8 heteroatoms. The summed E-state index contributed by atoms with van der Waals surface area (Å²) in [4.78, 5) is 32.8. The maximum atomic E-state index is 14.7. The summed E-state index contributed by atoms with van der Waals surface area (Å²) in [5.74, 6) is -1.85. The first-order valence-electron chi connectivity index (χ1n) is 14.9. The van der Waals surface area contributed by atoms with E-state index < -0.39 is 22.9 Å². The van der Waals surface area contributed by atoms with Gasteiger partial charge in [0.15, 0.2) is 5.41 Å². The molecule has 4 aromatic rings. The van der Waals surface area contributed by atoms with Gasteiger partial charge in [-0.2, -0.15) is 0 Å². The van der Waals surface area contributed by atoms with Crippen molar-refractivity contribution in [2.75, 3.05) is 0 Å². The zero-order chi connectivity index (χ0) is 32.2. The van der Waals surface area contributed by atoms with Crippen molar-refractivity contribution >= 4 is 27.9 Å². The molecule has 1 fully saturated rings. The van der Waals surface area contributed by atoms with Crippen LogP contribution in [0.15, 0.2) is 101 Å². The van der Waals surface area contributed by atoms with Gasteiger partial charge in [0, 0.05) is 9.38 Å². The van der Waals surface area contributed by atoms with Crippen LogP contribution in [0.25, 0.3) is 10.4 Å². The van der Waals surface area contributed by atoms with Crippen molar-refractivity contribution in [2.45, 2.75) is 65.2 Å². The smallest absolute Gasteiger partial charge is 0.324 e. The molecule has 230 valence electrons. The molecular weight excluding hydrogens is 630 g/mol. The number of halogens is 1. The highest BCUT2D eigenvalue weighted by Crippen LogP contribution is 2.62. The molecule has 0 radical (unpaired) electrons. The van der Waals surface area contributed by atoms with Gasteiger partial charge in [-0.25, -0.2) is 0 Å². The van der Waals surface area contributed by atoms with Crippen molar-refractivity contribution < 1.29 is 19.1 Å². The standard InChI is InChI=1S/C37H36BrN3O4/c1-24-10-8-11-25(2)32(24)22-44-34(42)36(35(43)45-23-33-26(3)12-9-13-27(33)4)20-29(28-14-6-5-7-15-28)21-37(36,40-41-39)30-16-18-31(38)19-17-30/h5-19,29H,20-23H2,1-4H3/t29-,37+/m1/s1. The molecule has 0 aliphatic heterocycles. The van der Waals surface area contributed by atoms with Gasteiger partial charge in [0.25, 0.3) is 0 Å². The molecule has 0 bridgehead atoms. The first-order chi connectivity index (χ1) is 21.6. The third kappa shape index (κ3) is 6.00. The summed E-state index contributed by atoms with van der Waals surface area (Å²) in [6, 6.07) is 28.6. The van der Waals surface area contributed by atoms with E-state index in [0.717, 1.165) is 43.4 Å².